The van der Waals surface area contributed by atoms with Crippen molar-refractivity contribution in [1.29, 1.82) is 0 Å². The number of unbranched alkanes of at least 4 members (excludes halogenated alkanes) is 4. The second-order valence-corrected chi connectivity index (χ2v) is 6.32. The number of piperazine rings is 1. The molecule has 1 N–H and O–H groups in total. The number of hydrogen-bond acceptors (Lipinski definition) is 2. The third kappa shape index (κ3) is 4.32. The van der Waals surface area contributed by atoms with Gasteiger partial charge in [-0.1, -0.05) is 62.9 Å². The quantitative estimate of drug-likeness (QED) is 0.761. The van der Waals surface area contributed by atoms with E-state index in [1.165, 1.54) is 50.8 Å². The van der Waals surface area contributed by atoms with E-state index in [1.807, 2.05) is 0 Å². The summed E-state index contributed by atoms with van der Waals surface area (Å²) >= 11 is 0. The molecule has 1 heterocycles. The van der Waals surface area contributed by atoms with E-state index < -0.39 is 0 Å². The summed E-state index contributed by atoms with van der Waals surface area (Å²) in [6.07, 6.45) is 6.87. The van der Waals surface area contributed by atoms with Gasteiger partial charge in [0.15, 0.2) is 0 Å². The van der Waals surface area contributed by atoms with Crippen molar-refractivity contribution in [1.82, 2.24) is 10.2 Å². The molecule has 1 saturated heterocycles. The van der Waals surface area contributed by atoms with Gasteiger partial charge in [-0.15, -0.1) is 0 Å². The van der Waals surface area contributed by atoms with Crippen molar-refractivity contribution >= 4 is 0 Å². The Balaban J connectivity index is 1.82. The molecule has 1 atom stereocenters. The second-order valence-electron chi connectivity index (χ2n) is 6.32. The summed E-state index contributed by atoms with van der Waals surface area (Å²) in [4.78, 5) is 2.63. The van der Waals surface area contributed by atoms with Gasteiger partial charge in [-0.25, -0.2) is 0 Å². The molecule has 0 aliphatic carbocycles. The van der Waals surface area contributed by atoms with Crippen LogP contribution in [0.3, 0.4) is 0 Å². The number of benzene rings is 1. The van der Waals surface area contributed by atoms with Crippen LogP contribution in [-0.2, 0) is 5.54 Å². The molecule has 1 aliphatic rings. The van der Waals surface area contributed by atoms with Crippen molar-refractivity contribution in [3.63, 3.8) is 0 Å². The number of nitrogens with zero attached hydrogens (tertiary/aromatic N) is 1. The summed E-state index contributed by atoms with van der Waals surface area (Å²) in [5.41, 5.74) is 1.53. The average molecular weight is 274 g/mol. The summed E-state index contributed by atoms with van der Waals surface area (Å²) in [6, 6.07) is 10.9. The molecule has 2 rings (SSSR count). The number of rotatable bonds is 7. The first-order valence-electron chi connectivity index (χ1n) is 8.27. The van der Waals surface area contributed by atoms with Crippen molar-refractivity contribution in [3.8, 4) is 0 Å². The Labute approximate surface area is 124 Å². The van der Waals surface area contributed by atoms with Crippen molar-refractivity contribution in [2.45, 2.75) is 51.5 Å². The van der Waals surface area contributed by atoms with Crippen LogP contribution >= 0.6 is 0 Å². The lowest BCUT2D eigenvalue weighted by molar-refractivity contribution is 0.140. The maximum Gasteiger partial charge on any atom is 0.0535 e. The molecule has 1 aromatic rings. The maximum absolute atomic E-state index is 3.71. The van der Waals surface area contributed by atoms with E-state index in [2.05, 4.69) is 54.4 Å². The van der Waals surface area contributed by atoms with Crippen molar-refractivity contribution in [2.24, 2.45) is 0 Å². The maximum atomic E-state index is 3.71. The van der Waals surface area contributed by atoms with Gasteiger partial charge in [0.25, 0.3) is 0 Å². The van der Waals surface area contributed by atoms with Crippen LogP contribution in [0.5, 0.6) is 0 Å². The van der Waals surface area contributed by atoms with E-state index in [9.17, 15) is 0 Å². The van der Waals surface area contributed by atoms with E-state index in [0.717, 1.165) is 13.1 Å². The number of hydrogen-bond donors (Lipinski definition) is 1. The summed E-state index contributed by atoms with van der Waals surface area (Å²) in [6.45, 7) is 9.29. The Hall–Kier alpha value is -0.860. The molecule has 0 radical (unpaired) electrons. The Kier molecular flexibility index (Phi) is 6.06. The van der Waals surface area contributed by atoms with E-state index in [4.69, 9.17) is 0 Å². The fraction of sp³-hybridized carbons (Fsp3) is 0.667. The van der Waals surface area contributed by atoms with Crippen molar-refractivity contribution in [3.05, 3.63) is 35.9 Å². The molecule has 0 aromatic heterocycles. The Bertz CT molecular complexity index is 376. The minimum atomic E-state index is 0.114. The lowest BCUT2D eigenvalue weighted by Gasteiger charge is -2.42. The zero-order chi connectivity index (χ0) is 14.3. The highest BCUT2D eigenvalue weighted by atomic mass is 15.2. The minimum Gasteiger partial charge on any atom is -0.305 e. The molecule has 20 heavy (non-hydrogen) atoms. The third-order valence-electron chi connectivity index (χ3n) is 4.47. The van der Waals surface area contributed by atoms with Gasteiger partial charge in [0.05, 0.1) is 5.54 Å². The van der Waals surface area contributed by atoms with E-state index in [0.29, 0.717) is 0 Å². The molecule has 1 aromatic carbocycles. The molecule has 0 saturated carbocycles. The monoisotopic (exact) mass is 274 g/mol. The van der Waals surface area contributed by atoms with Gasteiger partial charge in [-0.05, 0) is 25.5 Å². The molecular weight excluding hydrogens is 244 g/mol. The highest BCUT2D eigenvalue weighted by molar-refractivity contribution is 5.24. The summed E-state index contributed by atoms with van der Waals surface area (Å²) in [5.74, 6) is 0. The molecule has 1 aliphatic heterocycles. The van der Waals surface area contributed by atoms with Crippen molar-refractivity contribution < 1.29 is 0 Å². The third-order valence-corrected chi connectivity index (χ3v) is 4.47. The lowest BCUT2D eigenvalue weighted by atomic mass is 9.89. The molecule has 0 amide bonds. The van der Waals surface area contributed by atoms with Crippen LogP contribution in [0.25, 0.3) is 0 Å². The van der Waals surface area contributed by atoms with Crippen molar-refractivity contribution in [2.75, 3.05) is 26.2 Å². The zero-order valence-electron chi connectivity index (χ0n) is 13.2. The molecule has 0 spiro atoms. The van der Waals surface area contributed by atoms with Crippen LogP contribution in [0.4, 0.5) is 0 Å². The summed E-state index contributed by atoms with van der Waals surface area (Å²) in [7, 11) is 0. The molecule has 0 bridgehead atoms. The largest absolute Gasteiger partial charge is 0.305 e. The number of nitrogens with one attached hydrogen (secondary N) is 1. The van der Waals surface area contributed by atoms with Crippen LogP contribution in [-0.4, -0.2) is 31.1 Å². The normalized spacial score (nSPS) is 23.9. The fourth-order valence-corrected chi connectivity index (χ4v) is 3.20. The molecular formula is C18H30N2. The van der Waals surface area contributed by atoms with Gasteiger partial charge in [-0.3, -0.25) is 4.90 Å². The predicted molar refractivity (Wildman–Crippen MR) is 87.0 cm³/mol. The van der Waals surface area contributed by atoms with Gasteiger partial charge < -0.3 is 5.32 Å². The minimum absolute atomic E-state index is 0.114. The SMILES string of the molecule is CCCCCCCN1CCNC(C)(c2ccccc2)C1. The molecule has 112 valence electrons. The van der Waals surface area contributed by atoms with Crippen LogP contribution in [0.15, 0.2) is 30.3 Å². The topological polar surface area (TPSA) is 15.3 Å². The highest BCUT2D eigenvalue weighted by Gasteiger charge is 2.31. The molecule has 2 nitrogen and oxygen atoms in total. The smallest absolute Gasteiger partial charge is 0.0535 e. The van der Waals surface area contributed by atoms with E-state index in [1.54, 1.807) is 0 Å². The summed E-state index contributed by atoms with van der Waals surface area (Å²) in [5, 5.41) is 3.71. The second kappa shape index (κ2) is 7.80. The standard InChI is InChI=1S/C18H30N2/c1-3-4-5-6-10-14-20-15-13-19-18(2,16-20)17-11-8-7-9-12-17/h7-9,11-12,19H,3-6,10,13-16H2,1-2H3. The van der Waals surface area contributed by atoms with E-state index in [-0.39, 0.29) is 5.54 Å². The Morgan fingerprint density at radius 1 is 1.10 bits per heavy atom. The highest BCUT2D eigenvalue weighted by Crippen LogP contribution is 2.24. The van der Waals surface area contributed by atoms with Gasteiger partial charge in [0, 0.05) is 19.6 Å². The molecule has 1 unspecified atom stereocenters. The predicted octanol–water partition coefficient (Wildman–Crippen LogP) is 3.78. The van der Waals surface area contributed by atoms with Gasteiger partial charge in [0.2, 0.25) is 0 Å². The Morgan fingerprint density at radius 3 is 2.60 bits per heavy atom. The molecule has 1 fully saturated rings. The first-order chi connectivity index (χ1) is 9.74. The summed E-state index contributed by atoms with van der Waals surface area (Å²) < 4.78 is 0. The Morgan fingerprint density at radius 2 is 1.85 bits per heavy atom. The average Bonchev–Trinajstić information content (AvgIpc) is 2.48. The van der Waals surface area contributed by atoms with E-state index >= 15 is 0 Å². The molecule has 2 heteroatoms. The van der Waals surface area contributed by atoms with Crippen LogP contribution in [0, 0.1) is 0 Å². The van der Waals surface area contributed by atoms with Crippen LogP contribution < -0.4 is 5.32 Å². The van der Waals surface area contributed by atoms with Gasteiger partial charge in [0.1, 0.15) is 0 Å². The first-order valence-corrected chi connectivity index (χ1v) is 8.27. The zero-order valence-corrected chi connectivity index (χ0v) is 13.2. The van der Waals surface area contributed by atoms with Gasteiger partial charge in [-0.2, -0.15) is 0 Å². The fourth-order valence-electron chi connectivity index (χ4n) is 3.20. The first kappa shape index (κ1) is 15.5. The van der Waals surface area contributed by atoms with Crippen LogP contribution in [0.2, 0.25) is 0 Å². The lowest BCUT2D eigenvalue weighted by Crippen LogP contribution is -2.56. The van der Waals surface area contributed by atoms with Crippen LogP contribution in [0.1, 0.15) is 51.5 Å². The van der Waals surface area contributed by atoms with Gasteiger partial charge >= 0.3 is 0 Å².